The average molecular weight is 378 g/mol. The monoisotopic (exact) mass is 378 g/mol. The van der Waals surface area contributed by atoms with Crippen molar-refractivity contribution in [3.63, 3.8) is 0 Å². The topological polar surface area (TPSA) is 83.0 Å². The van der Waals surface area contributed by atoms with Crippen LogP contribution < -0.4 is 0 Å². The molecule has 28 heavy (non-hydrogen) atoms. The Morgan fingerprint density at radius 1 is 1.14 bits per heavy atom. The maximum atomic E-state index is 13.1. The number of ether oxygens (including phenoxy) is 1. The fraction of sp³-hybridized carbons (Fsp3) is 0.100. The number of aromatic nitrogens is 4. The third-order valence-electron chi connectivity index (χ3n) is 4.06. The minimum Gasteiger partial charge on any atom is -0.451 e. The van der Waals surface area contributed by atoms with Crippen molar-refractivity contribution in [1.82, 2.24) is 19.7 Å². The van der Waals surface area contributed by atoms with Crippen molar-refractivity contribution in [1.29, 1.82) is 0 Å². The van der Waals surface area contributed by atoms with Crippen LogP contribution in [0.25, 0.3) is 17.1 Å². The smallest absolute Gasteiger partial charge is 0.357 e. The van der Waals surface area contributed by atoms with Gasteiger partial charge in [0.2, 0.25) is 5.82 Å². The lowest BCUT2D eigenvalue weighted by molar-refractivity contribution is 0.0420. The van der Waals surface area contributed by atoms with Crippen LogP contribution in [0.2, 0.25) is 0 Å². The summed E-state index contributed by atoms with van der Waals surface area (Å²) in [6, 6.07) is 13.3. The predicted molar refractivity (Wildman–Crippen MR) is 97.1 cm³/mol. The number of halogens is 1. The number of aryl methyl sites for hydroxylation is 1. The largest absolute Gasteiger partial charge is 0.451 e. The van der Waals surface area contributed by atoms with Gasteiger partial charge in [-0.15, -0.1) is 0 Å². The van der Waals surface area contributed by atoms with Crippen molar-refractivity contribution in [3.8, 4) is 17.1 Å². The molecule has 0 aliphatic carbocycles. The second-order valence-electron chi connectivity index (χ2n) is 6.08. The molecule has 2 aromatic heterocycles. The van der Waals surface area contributed by atoms with E-state index in [0.717, 1.165) is 11.1 Å². The second kappa shape index (κ2) is 7.43. The highest BCUT2D eigenvalue weighted by Gasteiger charge is 2.17. The lowest BCUT2D eigenvalue weighted by atomic mass is 10.1. The molecule has 4 aromatic rings. The average Bonchev–Trinajstić information content (AvgIpc) is 3.37. The first-order chi connectivity index (χ1) is 13.6. The maximum absolute atomic E-state index is 13.1. The van der Waals surface area contributed by atoms with Crippen LogP contribution in [0, 0.1) is 12.7 Å². The summed E-state index contributed by atoms with van der Waals surface area (Å²) in [5, 5.41) is 3.90. The number of esters is 1. The molecule has 0 aliphatic rings. The Morgan fingerprint density at radius 2 is 1.89 bits per heavy atom. The molecule has 0 amide bonds. The van der Waals surface area contributed by atoms with Gasteiger partial charge in [0, 0.05) is 11.3 Å². The van der Waals surface area contributed by atoms with Gasteiger partial charge in [-0.3, -0.25) is 4.57 Å². The van der Waals surface area contributed by atoms with Crippen molar-refractivity contribution in [2.45, 2.75) is 13.5 Å². The van der Waals surface area contributed by atoms with Gasteiger partial charge in [0.05, 0.1) is 12.5 Å². The number of carbonyl (C=O) groups is 1. The van der Waals surface area contributed by atoms with E-state index in [9.17, 15) is 9.18 Å². The second-order valence-corrected chi connectivity index (χ2v) is 6.08. The zero-order valence-corrected chi connectivity index (χ0v) is 14.9. The third-order valence-corrected chi connectivity index (χ3v) is 4.06. The minimum atomic E-state index is -0.614. The van der Waals surface area contributed by atoms with Crippen LogP contribution in [0.5, 0.6) is 0 Å². The molecule has 0 aliphatic heterocycles. The Labute approximate surface area is 159 Å². The van der Waals surface area contributed by atoms with Crippen molar-refractivity contribution in [2.75, 3.05) is 0 Å². The first-order valence-electron chi connectivity index (χ1n) is 8.45. The van der Waals surface area contributed by atoms with Crippen LogP contribution in [0.4, 0.5) is 4.39 Å². The summed E-state index contributed by atoms with van der Waals surface area (Å²) in [4.78, 5) is 20.6. The van der Waals surface area contributed by atoms with E-state index in [2.05, 4.69) is 15.1 Å². The van der Waals surface area contributed by atoms with E-state index in [1.165, 1.54) is 29.2 Å². The van der Waals surface area contributed by atoms with Crippen LogP contribution in [-0.4, -0.2) is 25.7 Å². The number of carbonyl (C=O) groups excluding carboxylic acids is 1. The molecule has 4 rings (SSSR count). The SMILES string of the molecule is Cc1ccc(-c2noc(COC(=O)c3cncn3-c3ccc(F)cc3)n2)cc1. The van der Waals surface area contributed by atoms with Gasteiger partial charge in [-0.25, -0.2) is 14.2 Å². The predicted octanol–water partition coefficient (Wildman–Crippen LogP) is 3.73. The van der Waals surface area contributed by atoms with Crippen LogP contribution >= 0.6 is 0 Å². The van der Waals surface area contributed by atoms with Gasteiger partial charge in [0.1, 0.15) is 5.82 Å². The van der Waals surface area contributed by atoms with Crippen LogP contribution in [0.3, 0.4) is 0 Å². The zero-order valence-electron chi connectivity index (χ0n) is 14.9. The molecular weight excluding hydrogens is 363 g/mol. The summed E-state index contributed by atoms with van der Waals surface area (Å²) in [5.41, 5.74) is 2.72. The standard InChI is InChI=1S/C20H15FN4O3/c1-13-2-4-14(5-3-13)19-23-18(28-24-19)11-27-20(26)17-10-22-12-25(17)16-8-6-15(21)7-9-16/h2-10,12H,11H2,1H3. The fourth-order valence-electron chi connectivity index (χ4n) is 2.59. The molecule has 0 saturated heterocycles. The third kappa shape index (κ3) is 3.66. The molecule has 0 N–H and O–H groups in total. The van der Waals surface area contributed by atoms with Gasteiger partial charge in [-0.1, -0.05) is 35.0 Å². The van der Waals surface area contributed by atoms with E-state index in [0.29, 0.717) is 11.5 Å². The summed E-state index contributed by atoms with van der Waals surface area (Å²) in [6.07, 6.45) is 2.82. The number of nitrogens with zero attached hydrogens (tertiary/aromatic N) is 4. The molecule has 0 radical (unpaired) electrons. The molecule has 0 spiro atoms. The fourth-order valence-corrected chi connectivity index (χ4v) is 2.59. The lowest BCUT2D eigenvalue weighted by Crippen LogP contribution is -2.11. The van der Waals surface area contributed by atoms with Crippen molar-refractivity contribution < 1.29 is 18.4 Å². The number of benzene rings is 2. The number of hydrogen-bond donors (Lipinski definition) is 0. The van der Waals surface area contributed by atoms with Gasteiger partial charge in [-0.05, 0) is 31.2 Å². The van der Waals surface area contributed by atoms with Crippen LogP contribution in [0.15, 0.2) is 65.6 Å². The molecule has 0 unspecified atom stereocenters. The minimum absolute atomic E-state index is 0.174. The van der Waals surface area contributed by atoms with E-state index in [4.69, 9.17) is 9.26 Å². The Morgan fingerprint density at radius 3 is 2.64 bits per heavy atom. The highest BCUT2D eigenvalue weighted by molar-refractivity contribution is 5.88. The maximum Gasteiger partial charge on any atom is 0.357 e. The number of rotatable bonds is 5. The van der Waals surface area contributed by atoms with E-state index >= 15 is 0 Å². The lowest BCUT2D eigenvalue weighted by Gasteiger charge is -2.07. The summed E-state index contributed by atoms with van der Waals surface area (Å²) in [5.74, 6) is -0.384. The van der Waals surface area contributed by atoms with Crippen molar-refractivity contribution in [3.05, 3.63) is 84.0 Å². The van der Waals surface area contributed by atoms with Gasteiger partial charge in [0.25, 0.3) is 5.89 Å². The Kier molecular flexibility index (Phi) is 4.67. The molecule has 2 heterocycles. The van der Waals surface area contributed by atoms with E-state index in [1.54, 1.807) is 12.1 Å². The van der Waals surface area contributed by atoms with E-state index < -0.39 is 5.97 Å². The molecule has 8 heteroatoms. The molecule has 7 nitrogen and oxygen atoms in total. The summed E-state index contributed by atoms with van der Waals surface area (Å²) in [6.45, 7) is 1.81. The molecule has 0 atom stereocenters. The summed E-state index contributed by atoms with van der Waals surface area (Å²) >= 11 is 0. The van der Waals surface area contributed by atoms with Gasteiger partial charge < -0.3 is 9.26 Å². The van der Waals surface area contributed by atoms with Crippen molar-refractivity contribution >= 4 is 5.97 Å². The van der Waals surface area contributed by atoms with Gasteiger partial charge in [-0.2, -0.15) is 4.98 Å². The molecule has 140 valence electrons. The quantitative estimate of drug-likeness (QED) is 0.492. The highest BCUT2D eigenvalue weighted by Crippen LogP contribution is 2.17. The summed E-state index contributed by atoms with van der Waals surface area (Å²) in [7, 11) is 0. The summed E-state index contributed by atoms with van der Waals surface area (Å²) < 4.78 is 25.0. The Bertz CT molecular complexity index is 1100. The highest BCUT2D eigenvalue weighted by atomic mass is 19.1. The molecular formula is C20H15FN4O3. The molecule has 0 saturated carbocycles. The molecule has 0 fully saturated rings. The first kappa shape index (κ1) is 17.6. The molecule has 2 aromatic carbocycles. The van der Waals surface area contributed by atoms with Crippen LogP contribution in [0.1, 0.15) is 21.9 Å². The van der Waals surface area contributed by atoms with E-state index in [1.807, 2.05) is 31.2 Å². The number of hydrogen-bond acceptors (Lipinski definition) is 6. The van der Waals surface area contributed by atoms with Gasteiger partial charge >= 0.3 is 5.97 Å². The number of imidazole rings is 1. The van der Waals surface area contributed by atoms with Crippen molar-refractivity contribution in [2.24, 2.45) is 0 Å². The Hall–Kier alpha value is -3.81. The van der Waals surface area contributed by atoms with E-state index in [-0.39, 0.29) is 24.0 Å². The zero-order chi connectivity index (χ0) is 19.5. The van der Waals surface area contributed by atoms with Crippen LogP contribution in [-0.2, 0) is 11.3 Å². The molecule has 0 bridgehead atoms. The normalized spacial score (nSPS) is 10.8. The first-order valence-corrected chi connectivity index (χ1v) is 8.45. The Balaban J connectivity index is 1.45. The van der Waals surface area contributed by atoms with Gasteiger partial charge in [0.15, 0.2) is 12.3 Å².